The molecule has 0 spiro atoms. The molecule has 5 rings (SSSR count). The van der Waals surface area contributed by atoms with Crippen LogP contribution < -0.4 is 0 Å². The molecule has 3 heterocycles. The number of thiazole rings is 1. The first-order valence-electron chi connectivity index (χ1n) is 9.41. The average molecular weight is 424 g/mol. The Bertz CT molecular complexity index is 1210. The monoisotopic (exact) mass is 423 g/mol. The zero-order chi connectivity index (χ0) is 20.0. The van der Waals surface area contributed by atoms with E-state index in [-0.39, 0.29) is 11.6 Å². The summed E-state index contributed by atoms with van der Waals surface area (Å²) in [6.07, 6.45) is 1.81. The molecule has 146 valence electrons. The van der Waals surface area contributed by atoms with Gasteiger partial charge in [-0.05, 0) is 37.1 Å². The predicted octanol–water partition coefficient (Wildman–Crippen LogP) is 5.44. The number of benzene rings is 2. The molecule has 29 heavy (non-hydrogen) atoms. The van der Waals surface area contributed by atoms with E-state index in [0.717, 1.165) is 33.5 Å². The number of nitro benzene ring substituents is 1. The Morgan fingerprint density at radius 1 is 1.07 bits per heavy atom. The van der Waals surface area contributed by atoms with Gasteiger partial charge < -0.3 is 4.90 Å². The van der Waals surface area contributed by atoms with Crippen molar-refractivity contribution in [2.45, 2.75) is 18.8 Å². The molecule has 1 amide bonds. The highest BCUT2D eigenvalue weighted by Gasteiger charge is 2.27. The summed E-state index contributed by atoms with van der Waals surface area (Å²) < 4.78 is 2.10. The summed E-state index contributed by atoms with van der Waals surface area (Å²) in [5.41, 5.74) is 1.09. The van der Waals surface area contributed by atoms with E-state index < -0.39 is 4.92 Å². The standard InChI is InChI=1S/C21H17N3O3S2/c25-21(19-12-14-11-15(24(26)27)5-6-17(14)28-19)23-9-7-13(8-10-23)20-22-16-3-1-2-4-18(16)29-20/h1-6,11-13H,7-10H2. The lowest BCUT2D eigenvalue weighted by Gasteiger charge is -2.30. The predicted molar refractivity (Wildman–Crippen MR) is 116 cm³/mol. The van der Waals surface area contributed by atoms with Crippen LogP contribution in [0.25, 0.3) is 20.3 Å². The Hall–Kier alpha value is -2.84. The number of amides is 1. The number of para-hydroxylation sites is 1. The number of thiophene rings is 1. The molecule has 2 aromatic carbocycles. The van der Waals surface area contributed by atoms with Crippen LogP contribution in [0.15, 0.2) is 48.5 Å². The normalized spacial score (nSPS) is 15.2. The van der Waals surface area contributed by atoms with Crippen LogP contribution in [0, 0.1) is 10.1 Å². The van der Waals surface area contributed by atoms with E-state index in [4.69, 9.17) is 4.98 Å². The molecule has 1 aliphatic rings. The highest BCUT2D eigenvalue weighted by atomic mass is 32.1. The van der Waals surface area contributed by atoms with Crippen LogP contribution in [0.2, 0.25) is 0 Å². The van der Waals surface area contributed by atoms with Gasteiger partial charge in [0.2, 0.25) is 0 Å². The summed E-state index contributed by atoms with van der Waals surface area (Å²) in [5, 5.41) is 12.9. The molecule has 1 aliphatic heterocycles. The van der Waals surface area contributed by atoms with E-state index in [9.17, 15) is 14.9 Å². The van der Waals surface area contributed by atoms with Gasteiger partial charge in [0.15, 0.2) is 0 Å². The topological polar surface area (TPSA) is 76.3 Å². The number of nitro groups is 1. The van der Waals surface area contributed by atoms with Crippen LogP contribution >= 0.6 is 22.7 Å². The molecule has 8 heteroatoms. The number of rotatable bonds is 3. The maximum absolute atomic E-state index is 13.0. The summed E-state index contributed by atoms with van der Waals surface area (Å²) in [6.45, 7) is 1.40. The quantitative estimate of drug-likeness (QED) is 0.325. The van der Waals surface area contributed by atoms with Gasteiger partial charge >= 0.3 is 0 Å². The van der Waals surface area contributed by atoms with E-state index in [1.807, 2.05) is 23.1 Å². The summed E-state index contributed by atoms with van der Waals surface area (Å²) in [7, 11) is 0. The Morgan fingerprint density at radius 2 is 1.86 bits per heavy atom. The van der Waals surface area contributed by atoms with Crippen molar-refractivity contribution >= 4 is 54.6 Å². The molecule has 4 aromatic rings. The smallest absolute Gasteiger partial charge is 0.270 e. The molecule has 0 saturated carbocycles. The Labute approximate surface area is 174 Å². The largest absolute Gasteiger partial charge is 0.338 e. The SMILES string of the molecule is O=C(c1cc2cc([N+](=O)[O-])ccc2s1)N1CCC(c2nc3ccccc3s2)CC1. The lowest BCUT2D eigenvalue weighted by atomic mass is 9.97. The summed E-state index contributed by atoms with van der Waals surface area (Å²) >= 11 is 3.14. The summed E-state index contributed by atoms with van der Waals surface area (Å²) in [6, 6.07) is 14.7. The fourth-order valence-corrected chi connectivity index (χ4v) is 5.95. The van der Waals surface area contributed by atoms with Crippen LogP contribution in [-0.2, 0) is 0 Å². The van der Waals surface area contributed by atoms with E-state index in [0.29, 0.717) is 23.9 Å². The molecule has 0 radical (unpaired) electrons. The van der Waals surface area contributed by atoms with Gasteiger partial charge in [-0.2, -0.15) is 0 Å². The number of non-ortho nitro benzene ring substituents is 1. The minimum Gasteiger partial charge on any atom is -0.338 e. The molecule has 0 aliphatic carbocycles. The number of fused-ring (bicyclic) bond motifs is 2. The molecule has 0 unspecified atom stereocenters. The average Bonchev–Trinajstić information content (AvgIpc) is 3.36. The van der Waals surface area contributed by atoms with Crippen molar-refractivity contribution in [3.05, 3.63) is 68.5 Å². The number of carbonyl (C=O) groups is 1. The lowest BCUT2D eigenvalue weighted by molar-refractivity contribution is -0.384. The van der Waals surface area contributed by atoms with Crippen LogP contribution in [0.1, 0.15) is 33.4 Å². The summed E-state index contributed by atoms with van der Waals surface area (Å²) in [5.74, 6) is 0.401. The van der Waals surface area contributed by atoms with E-state index >= 15 is 0 Å². The first-order valence-corrected chi connectivity index (χ1v) is 11.0. The number of piperidine rings is 1. The maximum atomic E-state index is 13.0. The van der Waals surface area contributed by atoms with Crippen LogP contribution in [0.3, 0.4) is 0 Å². The second-order valence-corrected chi connectivity index (χ2v) is 9.32. The fraction of sp³-hybridized carbons (Fsp3) is 0.238. The number of carbonyl (C=O) groups excluding carboxylic acids is 1. The molecule has 1 saturated heterocycles. The van der Waals surface area contributed by atoms with Gasteiger partial charge in [-0.25, -0.2) is 4.98 Å². The Kier molecular flexibility index (Phi) is 4.52. The third kappa shape index (κ3) is 3.38. The van der Waals surface area contributed by atoms with E-state index in [1.165, 1.54) is 28.2 Å². The van der Waals surface area contributed by atoms with Gasteiger partial charge in [-0.15, -0.1) is 22.7 Å². The number of nitrogens with zero attached hydrogens (tertiary/aromatic N) is 3. The first kappa shape index (κ1) is 18.2. The van der Waals surface area contributed by atoms with Crippen molar-refractivity contribution in [3.63, 3.8) is 0 Å². The molecule has 6 nitrogen and oxygen atoms in total. The number of likely N-dealkylation sites (tertiary alicyclic amines) is 1. The Morgan fingerprint density at radius 3 is 2.62 bits per heavy atom. The number of hydrogen-bond donors (Lipinski definition) is 0. The van der Waals surface area contributed by atoms with Gasteiger partial charge in [-0.3, -0.25) is 14.9 Å². The maximum Gasteiger partial charge on any atom is 0.270 e. The van der Waals surface area contributed by atoms with Crippen molar-refractivity contribution < 1.29 is 9.72 Å². The number of aromatic nitrogens is 1. The Balaban J connectivity index is 1.30. The van der Waals surface area contributed by atoms with Gasteiger partial charge in [0.25, 0.3) is 11.6 Å². The molecular formula is C21H17N3O3S2. The molecule has 2 aromatic heterocycles. The summed E-state index contributed by atoms with van der Waals surface area (Å²) in [4.78, 5) is 30.8. The van der Waals surface area contributed by atoms with Crippen molar-refractivity contribution in [1.29, 1.82) is 0 Å². The van der Waals surface area contributed by atoms with E-state index in [1.54, 1.807) is 23.5 Å². The third-order valence-electron chi connectivity index (χ3n) is 5.36. The zero-order valence-corrected chi connectivity index (χ0v) is 17.0. The fourth-order valence-electron chi connectivity index (χ4n) is 3.80. The molecular weight excluding hydrogens is 406 g/mol. The van der Waals surface area contributed by atoms with Crippen molar-refractivity contribution in [2.75, 3.05) is 13.1 Å². The third-order valence-corrected chi connectivity index (χ3v) is 7.67. The van der Waals surface area contributed by atoms with Crippen LogP contribution in [0.5, 0.6) is 0 Å². The molecule has 0 atom stereocenters. The van der Waals surface area contributed by atoms with Crippen molar-refractivity contribution in [1.82, 2.24) is 9.88 Å². The zero-order valence-electron chi connectivity index (χ0n) is 15.4. The molecule has 0 N–H and O–H groups in total. The molecule has 1 fully saturated rings. The second-order valence-electron chi connectivity index (χ2n) is 7.18. The van der Waals surface area contributed by atoms with Crippen LogP contribution in [0.4, 0.5) is 5.69 Å². The van der Waals surface area contributed by atoms with Crippen molar-refractivity contribution in [3.8, 4) is 0 Å². The van der Waals surface area contributed by atoms with E-state index in [2.05, 4.69) is 6.07 Å². The lowest BCUT2D eigenvalue weighted by Crippen LogP contribution is -2.37. The van der Waals surface area contributed by atoms with Gasteiger partial charge in [0.1, 0.15) is 0 Å². The first-order chi connectivity index (χ1) is 14.1. The highest BCUT2D eigenvalue weighted by molar-refractivity contribution is 7.20. The molecule has 0 bridgehead atoms. The minimum atomic E-state index is -0.411. The number of hydrogen-bond acceptors (Lipinski definition) is 6. The van der Waals surface area contributed by atoms with Gasteiger partial charge in [0, 0.05) is 41.2 Å². The highest BCUT2D eigenvalue weighted by Crippen LogP contribution is 2.35. The van der Waals surface area contributed by atoms with Gasteiger partial charge in [0.05, 0.1) is 25.0 Å². The second kappa shape index (κ2) is 7.20. The van der Waals surface area contributed by atoms with Crippen LogP contribution in [-0.4, -0.2) is 33.8 Å². The van der Waals surface area contributed by atoms with Gasteiger partial charge in [-0.1, -0.05) is 12.1 Å². The minimum absolute atomic E-state index is 0.0107. The van der Waals surface area contributed by atoms with Crippen molar-refractivity contribution in [2.24, 2.45) is 0 Å².